The smallest absolute Gasteiger partial charge is 0.368 e. The average Bonchev–Trinajstić information content (AvgIpc) is 3.04. The number of nitrogens with zero attached hydrogens (tertiary/aromatic N) is 5. The van der Waals surface area contributed by atoms with Gasteiger partial charge in [-0.05, 0) is 25.0 Å². The van der Waals surface area contributed by atoms with Crippen LogP contribution in [0.3, 0.4) is 0 Å². The number of halogens is 3. The van der Waals surface area contributed by atoms with Crippen molar-refractivity contribution in [2.24, 2.45) is 5.92 Å². The van der Waals surface area contributed by atoms with Crippen molar-refractivity contribution in [2.75, 3.05) is 31.6 Å². The van der Waals surface area contributed by atoms with Gasteiger partial charge >= 0.3 is 6.18 Å². The van der Waals surface area contributed by atoms with Gasteiger partial charge in [-0.1, -0.05) is 0 Å². The molecule has 30 heavy (non-hydrogen) atoms. The van der Waals surface area contributed by atoms with E-state index in [1.54, 1.807) is 29.0 Å². The zero-order chi connectivity index (χ0) is 21.5. The zero-order valence-electron chi connectivity index (χ0n) is 16.4. The maximum absolute atomic E-state index is 13.7. The van der Waals surface area contributed by atoms with Crippen molar-refractivity contribution in [1.82, 2.24) is 20.2 Å². The van der Waals surface area contributed by atoms with Crippen LogP contribution in [0.15, 0.2) is 24.5 Å². The number of hydrogen-bond acceptors (Lipinski definition) is 6. The van der Waals surface area contributed by atoms with Gasteiger partial charge in [0.2, 0.25) is 5.91 Å². The Hall–Kier alpha value is -2.93. The molecular weight excluding hydrogens is 397 g/mol. The van der Waals surface area contributed by atoms with Gasteiger partial charge in [-0.15, -0.1) is 0 Å². The molecule has 0 radical (unpaired) electrons. The fourth-order valence-corrected chi connectivity index (χ4v) is 4.30. The predicted octanol–water partition coefficient (Wildman–Crippen LogP) is 2.08. The lowest BCUT2D eigenvalue weighted by atomic mass is 9.92. The van der Waals surface area contributed by atoms with Crippen LogP contribution in [-0.4, -0.2) is 65.7 Å². The molecule has 1 aromatic carbocycles. The lowest BCUT2D eigenvalue weighted by Gasteiger charge is -2.41. The van der Waals surface area contributed by atoms with Gasteiger partial charge in [-0.25, -0.2) is 0 Å². The van der Waals surface area contributed by atoms with Gasteiger partial charge in [0.15, 0.2) is 0 Å². The van der Waals surface area contributed by atoms with Crippen LogP contribution in [0.5, 0.6) is 0 Å². The number of rotatable bonds is 3. The van der Waals surface area contributed by atoms with E-state index in [4.69, 9.17) is 0 Å². The topological polar surface area (TPSA) is 85.2 Å². The summed E-state index contributed by atoms with van der Waals surface area (Å²) >= 11 is 0. The van der Waals surface area contributed by atoms with Gasteiger partial charge in [0.25, 0.3) is 0 Å². The number of fused-ring (bicyclic) bond motifs is 1. The number of benzene rings is 1. The molecule has 7 nitrogen and oxygen atoms in total. The highest BCUT2D eigenvalue weighted by Crippen LogP contribution is 2.37. The van der Waals surface area contributed by atoms with Crippen LogP contribution in [0.25, 0.3) is 11.0 Å². The Labute approximate surface area is 171 Å². The number of likely N-dealkylation sites (tertiary alicyclic amines) is 1. The maximum atomic E-state index is 13.7. The van der Waals surface area contributed by atoms with Gasteiger partial charge in [-0.3, -0.25) is 14.8 Å². The second-order valence-corrected chi connectivity index (χ2v) is 7.84. The second kappa shape index (κ2) is 7.72. The highest BCUT2D eigenvalue weighted by Gasteiger charge is 2.45. The Bertz CT molecular complexity index is 1000. The summed E-state index contributed by atoms with van der Waals surface area (Å²) in [6.07, 6.45) is -0.959. The number of carbonyl (C=O) groups is 1. The second-order valence-electron chi connectivity index (χ2n) is 7.84. The lowest BCUT2D eigenvalue weighted by Crippen LogP contribution is -2.55. The third-order valence-corrected chi connectivity index (χ3v) is 5.84. The molecule has 0 spiro atoms. The Balaban J connectivity index is 1.66. The minimum atomic E-state index is -4.36. The van der Waals surface area contributed by atoms with E-state index < -0.39 is 24.2 Å². The number of nitrogens with one attached hydrogen (secondary N) is 1. The summed E-state index contributed by atoms with van der Waals surface area (Å²) in [5, 5.41) is 12.5. The molecule has 158 valence electrons. The van der Waals surface area contributed by atoms with Gasteiger partial charge < -0.3 is 15.1 Å². The highest BCUT2D eigenvalue weighted by molar-refractivity contribution is 5.92. The van der Waals surface area contributed by atoms with Crippen molar-refractivity contribution in [1.29, 1.82) is 5.26 Å². The van der Waals surface area contributed by atoms with Crippen LogP contribution in [-0.2, 0) is 4.79 Å². The van der Waals surface area contributed by atoms with Gasteiger partial charge in [0.05, 0.1) is 23.2 Å². The van der Waals surface area contributed by atoms with E-state index in [0.717, 1.165) is 0 Å². The summed E-state index contributed by atoms with van der Waals surface area (Å²) in [4.78, 5) is 23.9. The molecule has 2 aromatic rings. The summed E-state index contributed by atoms with van der Waals surface area (Å²) in [6, 6.07) is 4.25. The molecule has 1 N–H and O–H groups in total. The Morgan fingerprint density at radius 1 is 1.20 bits per heavy atom. The summed E-state index contributed by atoms with van der Waals surface area (Å²) in [5.41, 5.74) is 1.59. The SMILES string of the molecule is CN1CCC(N[C@H]2C[C@@H](C(F)(F)F)CN(c3ccc(C#N)c4nccnc34)C2)C1=O. The third kappa shape index (κ3) is 3.77. The molecule has 2 aliphatic heterocycles. The minimum absolute atomic E-state index is 0.0899. The number of piperidine rings is 1. The van der Waals surface area contributed by atoms with Gasteiger partial charge in [-0.2, -0.15) is 18.4 Å². The standard InChI is InChI=1S/C20H21F3N6O/c1-28-7-4-15(19(28)30)27-14-8-13(20(21,22)23)10-29(11-14)16-3-2-12(9-24)17-18(16)26-6-5-25-17/h2-3,5-6,13-15,27H,4,7-8,10-11H2,1H3/t13-,14+,15?/m1/s1. The summed E-state index contributed by atoms with van der Waals surface area (Å²) in [7, 11) is 1.69. The van der Waals surface area contributed by atoms with Crippen molar-refractivity contribution >= 4 is 22.6 Å². The van der Waals surface area contributed by atoms with Crippen molar-refractivity contribution in [3.63, 3.8) is 0 Å². The van der Waals surface area contributed by atoms with E-state index >= 15 is 0 Å². The molecule has 0 saturated carbocycles. The first-order valence-electron chi connectivity index (χ1n) is 9.74. The predicted molar refractivity (Wildman–Crippen MR) is 104 cm³/mol. The molecule has 3 atom stereocenters. The van der Waals surface area contributed by atoms with Crippen molar-refractivity contribution in [3.8, 4) is 6.07 Å². The Kier molecular flexibility index (Phi) is 5.24. The van der Waals surface area contributed by atoms with Crippen LogP contribution in [0.2, 0.25) is 0 Å². The normalized spacial score (nSPS) is 25.0. The van der Waals surface area contributed by atoms with Crippen LogP contribution < -0.4 is 10.2 Å². The molecule has 1 amide bonds. The first-order chi connectivity index (χ1) is 14.3. The van der Waals surface area contributed by atoms with Crippen LogP contribution in [0.4, 0.5) is 18.9 Å². The Morgan fingerprint density at radius 2 is 1.93 bits per heavy atom. The number of carbonyl (C=O) groups excluding carboxylic acids is 1. The number of alkyl halides is 3. The van der Waals surface area contributed by atoms with Crippen molar-refractivity contribution in [2.45, 2.75) is 31.1 Å². The van der Waals surface area contributed by atoms with E-state index in [2.05, 4.69) is 15.3 Å². The molecular formula is C20H21F3N6O. The van der Waals surface area contributed by atoms with Crippen LogP contribution in [0.1, 0.15) is 18.4 Å². The summed E-state index contributed by atoms with van der Waals surface area (Å²) < 4.78 is 41.1. The third-order valence-electron chi connectivity index (χ3n) is 5.84. The fraction of sp³-hybridized carbons (Fsp3) is 0.500. The molecule has 1 aromatic heterocycles. The monoisotopic (exact) mass is 418 g/mol. The molecule has 2 aliphatic rings. The van der Waals surface area contributed by atoms with E-state index in [0.29, 0.717) is 41.8 Å². The van der Waals surface area contributed by atoms with E-state index in [9.17, 15) is 23.2 Å². The van der Waals surface area contributed by atoms with Crippen LogP contribution in [0, 0.1) is 17.2 Å². The first-order valence-corrected chi connectivity index (χ1v) is 9.74. The van der Waals surface area contributed by atoms with E-state index in [-0.39, 0.29) is 18.9 Å². The average molecular weight is 418 g/mol. The largest absolute Gasteiger partial charge is 0.393 e. The molecule has 4 rings (SSSR count). The molecule has 10 heteroatoms. The number of aromatic nitrogens is 2. The van der Waals surface area contributed by atoms with E-state index in [1.165, 1.54) is 12.4 Å². The van der Waals surface area contributed by atoms with E-state index in [1.807, 2.05) is 6.07 Å². The minimum Gasteiger partial charge on any atom is -0.368 e. The first kappa shape index (κ1) is 20.3. The fourth-order valence-electron chi connectivity index (χ4n) is 4.30. The number of amides is 1. The number of nitriles is 1. The summed E-state index contributed by atoms with van der Waals surface area (Å²) in [5.74, 6) is -1.63. The molecule has 0 aliphatic carbocycles. The van der Waals surface area contributed by atoms with Crippen molar-refractivity contribution in [3.05, 3.63) is 30.1 Å². The molecule has 3 heterocycles. The number of hydrogen-bond donors (Lipinski definition) is 1. The number of likely N-dealkylation sites (N-methyl/N-ethyl adjacent to an activating group) is 1. The highest BCUT2D eigenvalue weighted by atomic mass is 19.4. The molecule has 2 saturated heterocycles. The van der Waals surface area contributed by atoms with Gasteiger partial charge in [0.1, 0.15) is 17.1 Å². The lowest BCUT2D eigenvalue weighted by molar-refractivity contribution is -0.177. The number of anilines is 1. The van der Waals surface area contributed by atoms with Crippen molar-refractivity contribution < 1.29 is 18.0 Å². The molecule has 2 fully saturated rings. The molecule has 1 unspecified atom stereocenters. The van der Waals surface area contributed by atoms with Gasteiger partial charge in [0, 0.05) is 45.1 Å². The Morgan fingerprint density at radius 3 is 2.57 bits per heavy atom. The maximum Gasteiger partial charge on any atom is 0.393 e. The summed E-state index contributed by atoms with van der Waals surface area (Å²) in [6.45, 7) is 0.681. The quantitative estimate of drug-likeness (QED) is 0.822. The van der Waals surface area contributed by atoms with Crippen LogP contribution >= 0.6 is 0 Å². The molecule has 0 bridgehead atoms. The zero-order valence-corrected chi connectivity index (χ0v) is 16.4.